The highest BCUT2D eigenvalue weighted by molar-refractivity contribution is 7.14. The lowest BCUT2D eigenvalue weighted by Crippen LogP contribution is -2.20. The highest BCUT2D eigenvalue weighted by Gasteiger charge is 2.12. The van der Waals surface area contributed by atoms with E-state index in [0.717, 1.165) is 0 Å². The Morgan fingerprint density at radius 1 is 1.50 bits per heavy atom. The van der Waals surface area contributed by atoms with Crippen molar-refractivity contribution in [1.82, 2.24) is 9.55 Å². The van der Waals surface area contributed by atoms with E-state index in [1.165, 1.54) is 34.6 Å². The van der Waals surface area contributed by atoms with Crippen LogP contribution >= 0.6 is 11.3 Å². The molecular weight excluding hydrogens is 228 g/mol. The van der Waals surface area contributed by atoms with Crippen LogP contribution in [0.4, 0.5) is 9.80 Å². The van der Waals surface area contributed by atoms with Crippen molar-refractivity contribution in [3.05, 3.63) is 35.7 Å². The fourth-order valence-corrected chi connectivity index (χ4v) is 1.92. The topological polar surface area (TPSA) is 90.0 Å². The third-order valence-corrected chi connectivity index (χ3v) is 2.72. The molecule has 0 radical (unpaired) electrons. The third-order valence-electron chi connectivity index (χ3n) is 1.89. The molecule has 0 saturated heterocycles. The number of imidazole rings is 1. The maximum Gasteiger partial charge on any atom is 0.331 e. The molecule has 82 valence electrons. The summed E-state index contributed by atoms with van der Waals surface area (Å²) in [5.41, 5.74) is 5.45. The second-order valence-corrected chi connectivity index (χ2v) is 3.84. The Hall–Kier alpha value is -2.15. The van der Waals surface area contributed by atoms with E-state index in [1.807, 2.05) is 0 Å². The van der Waals surface area contributed by atoms with Crippen molar-refractivity contribution < 1.29 is 9.59 Å². The number of hydrogen-bond acceptors (Lipinski definition) is 4. The molecule has 2 rings (SSSR count). The lowest BCUT2D eigenvalue weighted by atomic mass is 10.3. The summed E-state index contributed by atoms with van der Waals surface area (Å²) >= 11 is 1.24. The Balaban J connectivity index is 2.18. The van der Waals surface area contributed by atoms with Gasteiger partial charge in [-0.2, -0.15) is 0 Å². The number of carbonyl (C=O) groups is 2. The largest absolute Gasteiger partial charge is 0.366 e. The zero-order valence-corrected chi connectivity index (χ0v) is 8.90. The number of nitrogens with two attached hydrogens (primary N) is 1. The summed E-state index contributed by atoms with van der Waals surface area (Å²) in [5.74, 6) is -0.567. The van der Waals surface area contributed by atoms with Crippen LogP contribution in [0.5, 0.6) is 0 Å². The summed E-state index contributed by atoms with van der Waals surface area (Å²) < 4.78 is 1.27. The number of amides is 2. The second kappa shape index (κ2) is 4.15. The van der Waals surface area contributed by atoms with Crippen LogP contribution < -0.4 is 11.1 Å². The van der Waals surface area contributed by atoms with Gasteiger partial charge in [0, 0.05) is 12.4 Å². The molecule has 0 fully saturated rings. The number of nitrogens with one attached hydrogen (secondary N) is 1. The summed E-state index contributed by atoms with van der Waals surface area (Å²) in [4.78, 5) is 26.4. The Morgan fingerprint density at radius 2 is 2.31 bits per heavy atom. The summed E-state index contributed by atoms with van der Waals surface area (Å²) in [7, 11) is 0. The predicted molar refractivity (Wildman–Crippen MR) is 59.5 cm³/mol. The van der Waals surface area contributed by atoms with Crippen LogP contribution in [-0.4, -0.2) is 21.5 Å². The van der Waals surface area contributed by atoms with Gasteiger partial charge in [-0.25, -0.2) is 9.78 Å². The minimum absolute atomic E-state index is 0.304. The average Bonchev–Trinajstić information content (AvgIpc) is 2.86. The number of thiophene rings is 1. The lowest BCUT2D eigenvalue weighted by molar-refractivity contribution is 0.100. The molecular formula is C9H8N4O2S. The smallest absolute Gasteiger partial charge is 0.331 e. The monoisotopic (exact) mass is 236 g/mol. The van der Waals surface area contributed by atoms with E-state index >= 15 is 0 Å². The van der Waals surface area contributed by atoms with Crippen molar-refractivity contribution in [3.63, 3.8) is 0 Å². The summed E-state index contributed by atoms with van der Waals surface area (Å²) in [6.07, 6.45) is 4.36. The van der Waals surface area contributed by atoms with Crippen molar-refractivity contribution in [2.75, 3.05) is 5.32 Å². The van der Waals surface area contributed by atoms with Gasteiger partial charge in [0.25, 0.3) is 5.91 Å². The van der Waals surface area contributed by atoms with E-state index in [4.69, 9.17) is 5.73 Å². The zero-order valence-electron chi connectivity index (χ0n) is 8.08. The molecule has 7 heteroatoms. The highest BCUT2D eigenvalue weighted by atomic mass is 32.1. The fourth-order valence-electron chi connectivity index (χ4n) is 1.14. The molecule has 0 atom stereocenters. The number of nitrogens with zero attached hydrogens (tertiary/aromatic N) is 2. The summed E-state index contributed by atoms with van der Waals surface area (Å²) in [6.45, 7) is 0. The molecule has 0 aromatic carbocycles. The molecule has 2 amide bonds. The van der Waals surface area contributed by atoms with Gasteiger partial charge in [0.15, 0.2) is 0 Å². The normalized spacial score (nSPS) is 10.0. The first-order valence-corrected chi connectivity index (χ1v) is 5.23. The van der Waals surface area contributed by atoms with Gasteiger partial charge in [0.1, 0.15) is 11.3 Å². The van der Waals surface area contributed by atoms with Crippen molar-refractivity contribution >= 4 is 28.3 Å². The van der Waals surface area contributed by atoms with Crippen LogP contribution in [0, 0.1) is 0 Å². The number of primary amides is 1. The minimum Gasteiger partial charge on any atom is -0.366 e. The molecule has 0 spiro atoms. The van der Waals surface area contributed by atoms with Gasteiger partial charge >= 0.3 is 6.03 Å². The summed E-state index contributed by atoms with van der Waals surface area (Å²) in [6, 6.07) is 1.18. The van der Waals surface area contributed by atoms with E-state index in [0.29, 0.717) is 10.6 Å². The maximum atomic E-state index is 11.6. The van der Waals surface area contributed by atoms with Crippen molar-refractivity contribution in [1.29, 1.82) is 0 Å². The fraction of sp³-hybridized carbons (Fsp3) is 0. The Labute approximate surface area is 94.7 Å². The van der Waals surface area contributed by atoms with Crippen molar-refractivity contribution in [3.8, 4) is 0 Å². The number of rotatable bonds is 2. The van der Waals surface area contributed by atoms with E-state index in [2.05, 4.69) is 10.3 Å². The van der Waals surface area contributed by atoms with Crippen LogP contribution in [-0.2, 0) is 0 Å². The Kier molecular flexibility index (Phi) is 2.69. The first-order valence-electron chi connectivity index (χ1n) is 4.35. The van der Waals surface area contributed by atoms with Gasteiger partial charge in [-0.15, -0.1) is 11.3 Å². The van der Waals surface area contributed by atoms with Crippen LogP contribution in [0.2, 0.25) is 0 Å². The Morgan fingerprint density at radius 3 is 2.94 bits per heavy atom. The third kappa shape index (κ3) is 1.94. The molecule has 0 aliphatic heterocycles. The molecule has 0 bridgehead atoms. The molecule has 0 unspecified atom stereocenters. The van der Waals surface area contributed by atoms with Crippen molar-refractivity contribution in [2.24, 2.45) is 5.73 Å². The van der Waals surface area contributed by atoms with Gasteiger partial charge < -0.3 is 5.73 Å². The standard InChI is InChI=1S/C9H8N4O2S/c10-7(14)6-1-4-16-8(6)12-9(15)13-3-2-11-5-13/h1-5H,(H2,10,14)(H,12,15). The van der Waals surface area contributed by atoms with E-state index in [-0.39, 0.29) is 6.03 Å². The molecule has 16 heavy (non-hydrogen) atoms. The lowest BCUT2D eigenvalue weighted by Gasteiger charge is -2.03. The quantitative estimate of drug-likeness (QED) is 0.818. The number of aromatic nitrogens is 2. The number of anilines is 1. The zero-order chi connectivity index (χ0) is 11.5. The molecule has 2 aromatic rings. The highest BCUT2D eigenvalue weighted by Crippen LogP contribution is 2.22. The van der Waals surface area contributed by atoms with E-state index < -0.39 is 5.91 Å². The molecule has 0 saturated carbocycles. The van der Waals surface area contributed by atoms with Gasteiger partial charge in [-0.1, -0.05) is 0 Å². The molecule has 0 aliphatic rings. The van der Waals surface area contributed by atoms with Crippen LogP contribution in [0.15, 0.2) is 30.2 Å². The van der Waals surface area contributed by atoms with E-state index in [9.17, 15) is 9.59 Å². The molecule has 3 N–H and O–H groups in total. The van der Waals surface area contributed by atoms with Crippen LogP contribution in [0.3, 0.4) is 0 Å². The van der Waals surface area contributed by atoms with Crippen LogP contribution in [0.25, 0.3) is 0 Å². The first-order chi connectivity index (χ1) is 7.68. The second-order valence-electron chi connectivity index (χ2n) is 2.93. The average molecular weight is 236 g/mol. The van der Waals surface area contributed by atoms with Crippen LogP contribution in [0.1, 0.15) is 10.4 Å². The van der Waals surface area contributed by atoms with Gasteiger partial charge in [-0.3, -0.25) is 14.7 Å². The molecule has 2 aromatic heterocycles. The predicted octanol–water partition coefficient (Wildman–Crippen LogP) is 1.12. The van der Waals surface area contributed by atoms with Gasteiger partial charge in [-0.05, 0) is 11.4 Å². The minimum atomic E-state index is -0.567. The molecule has 2 heterocycles. The SMILES string of the molecule is NC(=O)c1ccsc1NC(=O)n1ccnc1. The Bertz CT molecular complexity index is 517. The molecule has 0 aliphatic carbocycles. The number of carbonyl (C=O) groups excluding carboxylic acids is 2. The maximum absolute atomic E-state index is 11.6. The van der Waals surface area contributed by atoms with Gasteiger partial charge in [0.2, 0.25) is 0 Å². The van der Waals surface area contributed by atoms with Gasteiger partial charge in [0.05, 0.1) is 5.56 Å². The van der Waals surface area contributed by atoms with E-state index in [1.54, 1.807) is 11.4 Å². The first kappa shape index (κ1) is 10.4. The molecule has 6 nitrogen and oxygen atoms in total. The summed E-state index contributed by atoms with van der Waals surface area (Å²) in [5, 5.41) is 4.70. The number of hydrogen-bond donors (Lipinski definition) is 2. The van der Waals surface area contributed by atoms with Crippen molar-refractivity contribution in [2.45, 2.75) is 0 Å².